The van der Waals surface area contributed by atoms with Gasteiger partial charge in [0, 0.05) is 12.8 Å². The minimum atomic E-state index is -1.62. The van der Waals surface area contributed by atoms with Crippen LogP contribution in [0.4, 0.5) is 0 Å². The van der Waals surface area contributed by atoms with Gasteiger partial charge in [0.15, 0.2) is 12.4 Å². The van der Waals surface area contributed by atoms with Gasteiger partial charge in [0.05, 0.1) is 40.3 Å². The molecule has 0 radical (unpaired) electrons. The monoisotopic (exact) mass is 1310 g/mol. The highest BCUT2D eigenvalue weighted by atomic mass is 16.7. The van der Waals surface area contributed by atoms with Gasteiger partial charge in [0.25, 0.3) is 0 Å². The summed E-state index contributed by atoms with van der Waals surface area (Å²) in [6.45, 7) is 4.69. The molecule has 0 aliphatic carbocycles. The van der Waals surface area contributed by atoms with Crippen LogP contribution in [0.15, 0.2) is 97.2 Å². The van der Waals surface area contributed by atoms with E-state index in [1.807, 2.05) is 21.1 Å². The molecular weight excluding hydrogens is 1160 g/mol. The van der Waals surface area contributed by atoms with E-state index < -0.39 is 24.3 Å². The Hall–Kier alpha value is -3.79. The first-order chi connectivity index (χ1) is 46.1. The Morgan fingerprint density at radius 3 is 0.904 bits per heavy atom. The Morgan fingerprint density at radius 1 is 0.330 bits per heavy atom. The summed E-state index contributed by atoms with van der Waals surface area (Å²) < 4.78 is 22.9. The van der Waals surface area contributed by atoms with Gasteiger partial charge in [-0.15, -0.1) is 0 Å². The molecule has 0 amide bonds. The highest BCUT2D eigenvalue weighted by Gasteiger charge is 2.22. The van der Waals surface area contributed by atoms with E-state index in [2.05, 4.69) is 111 Å². The first-order valence-electron chi connectivity index (χ1n) is 39.9. The van der Waals surface area contributed by atoms with Crippen molar-refractivity contribution in [2.24, 2.45) is 0 Å². The summed E-state index contributed by atoms with van der Waals surface area (Å²) in [5.74, 6) is -2.26. The number of carbonyl (C=O) groups is 3. The zero-order chi connectivity index (χ0) is 68.2. The van der Waals surface area contributed by atoms with Crippen LogP contribution in [-0.2, 0) is 33.3 Å². The van der Waals surface area contributed by atoms with Crippen LogP contribution in [0.5, 0.6) is 0 Å². The number of hydrogen-bond donors (Lipinski definition) is 0. The molecule has 0 N–H and O–H groups in total. The third kappa shape index (κ3) is 75.6. The Bertz CT molecular complexity index is 1870. The largest absolute Gasteiger partial charge is 0.545 e. The molecule has 0 aromatic heterocycles. The number of quaternary nitrogens is 1. The van der Waals surface area contributed by atoms with Gasteiger partial charge in [0.2, 0.25) is 0 Å². The van der Waals surface area contributed by atoms with Gasteiger partial charge in [-0.2, -0.15) is 0 Å². The Labute approximate surface area is 582 Å². The number of hydrogen-bond acceptors (Lipinski definition) is 8. The summed E-state index contributed by atoms with van der Waals surface area (Å²) in [6.07, 6.45) is 101. The lowest BCUT2D eigenvalue weighted by molar-refractivity contribution is -0.870. The summed E-state index contributed by atoms with van der Waals surface area (Å²) in [6, 6.07) is 0. The lowest BCUT2D eigenvalue weighted by Crippen LogP contribution is -2.44. The number of esters is 2. The fourth-order valence-electron chi connectivity index (χ4n) is 11.6. The van der Waals surface area contributed by atoms with Crippen molar-refractivity contribution in [3.05, 3.63) is 97.2 Å². The molecule has 0 bridgehead atoms. The number of likely N-dealkylation sites (N-methyl/N-ethyl adjacent to an activating group) is 1. The maximum absolute atomic E-state index is 13.0. The molecule has 0 aromatic rings. The minimum Gasteiger partial charge on any atom is -0.545 e. The Balaban J connectivity index is 4.02. The first-order valence-corrected chi connectivity index (χ1v) is 39.9. The highest BCUT2D eigenvalue weighted by Crippen LogP contribution is 2.19. The van der Waals surface area contributed by atoms with Crippen LogP contribution in [-0.4, -0.2) is 82.3 Å². The molecule has 2 atom stereocenters. The van der Waals surface area contributed by atoms with E-state index in [1.165, 1.54) is 250 Å². The maximum atomic E-state index is 13.0. The third-order valence-corrected chi connectivity index (χ3v) is 17.6. The van der Waals surface area contributed by atoms with Gasteiger partial charge >= 0.3 is 11.9 Å². The predicted octanol–water partition coefficient (Wildman–Crippen LogP) is 24.2. The zero-order valence-corrected chi connectivity index (χ0v) is 62.3. The Kier molecular flexibility index (Phi) is 72.0. The Morgan fingerprint density at radius 2 is 0.606 bits per heavy atom. The van der Waals surface area contributed by atoms with Gasteiger partial charge in [-0.1, -0.05) is 374 Å². The standard InChI is InChI=1S/C85H151NO8/c1-6-8-10-12-14-16-18-20-22-24-26-28-30-32-34-36-37-38-39-40-41-42-43-44-45-46-47-48-50-52-54-56-58-60-62-64-66-68-70-72-74-76-83(88)94-81(80-93-85(84(89)90)91-78-77-86(3,4)5)79-92-82(87)75-73-71-69-67-65-63-61-59-57-55-53-51-49-35-33-31-29-27-25-23-21-19-17-15-13-11-9-7-2/h8,10,14,16,20,22,26,28,32,34,37-38,40-41,43-44,81,85H,6-7,9,11-13,15,17-19,21,23-25,27,29-31,33,35-36,39,42,45-80H2,1-5H3/b10-8-,16-14-,22-20-,28-26-,34-32-,38-37-,41-40-,44-43-. The molecule has 0 saturated heterocycles. The second-order valence-corrected chi connectivity index (χ2v) is 28.0. The average molecular weight is 1320 g/mol. The third-order valence-electron chi connectivity index (χ3n) is 17.6. The predicted molar refractivity (Wildman–Crippen MR) is 403 cm³/mol. The SMILES string of the molecule is CC/C=C\C/C=C\C/C=C\C/C=C\C/C=C\C/C=C\C/C=C\C/C=C\CCCCCCCCCCCCCCCCCCC(=O)OC(COC(=O)CCCCCCCCCCCCCCCCCCCCCCCCCCCCCC)COC(OCC[N+](C)(C)C)C(=O)[O-]. The van der Waals surface area contributed by atoms with Gasteiger partial charge in [-0.3, -0.25) is 9.59 Å². The van der Waals surface area contributed by atoms with Crippen LogP contribution in [0.3, 0.4) is 0 Å². The van der Waals surface area contributed by atoms with Gasteiger partial charge in [-0.25, -0.2) is 0 Å². The molecule has 94 heavy (non-hydrogen) atoms. The molecule has 0 rings (SSSR count). The fourth-order valence-corrected chi connectivity index (χ4v) is 11.6. The summed E-state index contributed by atoms with van der Waals surface area (Å²) >= 11 is 0. The minimum absolute atomic E-state index is 0.148. The molecule has 0 heterocycles. The molecule has 0 aromatic carbocycles. The number of carbonyl (C=O) groups excluding carboxylic acids is 3. The van der Waals surface area contributed by atoms with Crippen LogP contribution >= 0.6 is 0 Å². The second kappa shape index (κ2) is 75.0. The van der Waals surface area contributed by atoms with E-state index in [-0.39, 0.29) is 32.2 Å². The molecule has 0 aliphatic rings. The molecule has 9 heteroatoms. The number of allylic oxidation sites excluding steroid dienone is 16. The van der Waals surface area contributed by atoms with E-state index in [0.717, 1.165) is 83.5 Å². The van der Waals surface area contributed by atoms with Gasteiger partial charge in [0.1, 0.15) is 13.2 Å². The second-order valence-electron chi connectivity index (χ2n) is 28.0. The number of ether oxygens (including phenoxy) is 4. The lowest BCUT2D eigenvalue weighted by Gasteiger charge is -2.26. The maximum Gasteiger partial charge on any atom is 0.306 e. The number of aliphatic carboxylic acids is 1. The van der Waals surface area contributed by atoms with Crippen molar-refractivity contribution in [2.45, 2.75) is 379 Å². The van der Waals surface area contributed by atoms with Gasteiger partial charge in [-0.05, 0) is 77.0 Å². The van der Waals surface area contributed by atoms with Crippen LogP contribution in [0, 0.1) is 0 Å². The number of rotatable bonds is 74. The number of nitrogens with zero attached hydrogens (tertiary/aromatic N) is 1. The van der Waals surface area contributed by atoms with Crippen molar-refractivity contribution in [2.75, 3.05) is 47.5 Å². The molecule has 0 fully saturated rings. The van der Waals surface area contributed by atoms with Crippen molar-refractivity contribution in [3.63, 3.8) is 0 Å². The van der Waals surface area contributed by atoms with Crippen LogP contribution in [0.1, 0.15) is 367 Å². The van der Waals surface area contributed by atoms with Crippen molar-refractivity contribution in [1.82, 2.24) is 0 Å². The molecule has 2 unspecified atom stereocenters. The topological polar surface area (TPSA) is 111 Å². The zero-order valence-electron chi connectivity index (χ0n) is 62.3. The summed E-state index contributed by atoms with van der Waals surface area (Å²) in [7, 11) is 5.94. The average Bonchev–Trinajstić information content (AvgIpc) is 3.42. The van der Waals surface area contributed by atoms with Crippen LogP contribution < -0.4 is 5.11 Å². The van der Waals surface area contributed by atoms with Crippen molar-refractivity contribution < 1.29 is 42.9 Å². The van der Waals surface area contributed by atoms with E-state index in [0.29, 0.717) is 23.9 Å². The molecule has 0 spiro atoms. The molecule has 0 saturated carbocycles. The molecule has 544 valence electrons. The molecular formula is C85H151NO8. The smallest absolute Gasteiger partial charge is 0.306 e. The van der Waals surface area contributed by atoms with Crippen molar-refractivity contribution >= 4 is 17.9 Å². The first kappa shape index (κ1) is 90.2. The number of carboxylic acids is 1. The van der Waals surface area contributed by atoms with Crippen molar-refractivity contribution in [1.29, 1.82) is 0 Å². The quantitative estimate of drug-likeness (QED) is 0.0195. The highest BCUT2D eigenvalue weighted by molar-refractivity contribution is 5.70. The summed E-state index contributed by atoms with van der Waals surface area (Å²) in [5, 5.41) is 11.9. The summed E-state index contributed by atoms with van der Waals surface area (Å²) in [4.78, 5) is 37.6. The molecule has 0 aliphatic heterocycles. The fraction of sp³-hybridized carbons (Fsp3) is 0.776. The number of carboxylic acid groups (broad SMARTS) is 1. The van der Waals surface area contributed by atoms with Crippen LogP contribution in [0.25, 0.3) is 0 Å². The van der Waals surface area contributed by atoms with E-state index >= 15 is 0 Å². The molecule has 9 nitrogen and oxygen atoms in total. The van der Waals surface area contributed by atoms with Gasteiger partial charge < -0.3 is 33.3 Å². The van der Waals surface area contributed by atoms with E-state index in [4.69, 9.17) is 18.9 Å². The normalized spacial score (nSPS) is 13.2. The number of unbranched alkanes of at least 4 members (excludes halogenated alkanes) is 43. The van der Waals surface area contributed by atoms with Crippen LogP contribution in [0.2, 0.25) is 0 Å². The van der Waals surface area contributed by atoms with Crippen molar-refractivity contribution in [3.8, 4) is 0 Å². The van der Waals surface area contributed by atoms with E-state index in [1.54, 1.807) is 0 Å². The van der Waals surface area contributed by atoms with E-state index in [9.17, 15) is 19.5 Å². The lowest BCUT2D eigenvalue weighted by atomic mass is 10.0. The summed E-state index contributed by atoms with van der Waals surface area (Å²) in [5.41, 5.74) is 0.